The second-order valence-electron chi connectivity index (χ2n) is 13.0. The quantitative estimate of drug-likeness (QED) is 0.204. The van der Waals surface area contributed by atoms with Crippen LogP contribution in [0.15, 0.2) is 39.5 Å². The van der Waals surface area contributed by atoms with Gasteiger partial charge in [-0.05, 0) is 94.0 Å². The number of alkyl carbamates (subject to hydrolysis) is 1. The Bertz CT molecular complexity index is 1350. The number of aromatic nitrogens is 2. The number of hydrazone groups is 1. The largest absolute Gasteiger partial charge is 0.444 e. The van der Waals surface area contributed by atoms with Crippen LogP contribution in [-0.2, 0) is 10.3 Å². The Hall–Kier alpha value is -3.53. The van der Waals surface area contributed by atoms with Crippen molar-refractivity contribution in [1.29, 1.82) is 0 Å². The monoisotopic (exact) mass is 582 g/mol. The van der Waals surface area contributed by atoms with Crippen LogP contribution in [-0.4, -0.2) is 45.6 Å². The molecule has 41 heavy (non-hydrogen) atoms. The summed E-state index contributed by atoms with van der Waals surface area (Å²) in [5.41, 5.74) is 11.5. The Morgan fingerprint density at radius 2 is 1.80 bits per heavy atom. The van der Waals surface area contributed by atoms with Crippen molar-refractivity contribution >= 4 is 41.8 Å². The van der Waals surface area contributed by atoms with E-state index in [1.54, 1.807) is 18.3 Å². The minimum absolute atomic E-state index is 0.0684. The van der Waals surface area contributed by atoms with E-state index in [1.165, 1.54) is 0 Å². The van der Waals surface area contributed by atoms with Gasteiger partial charge in [0.1, 0.15) is 11.4 Å². The maximum absolute atomic E-state index is 12.4. The molecule has 3 rings (SSSR count). The molecule has 1 heterocycles. The zero-order valence-corrected chi connectivity index (χ0v) is 26.3. The number of hydrogen-bond donors (Lipinski definition) is 3. The van der Waals surface area contributed by atoms with E-state index in [2.05, 4.69) is 27.6 Å². The number of aryl methyl sites for hydroxylation is 1. The van der Waals surface area contributed by atoms with Crippen molar-refractivity contribution in [1.82, 2.24) is 20.7 Å². The van der Waals surface area contributed by atoms with E-state index in [1.807, 2.05) is 68.4 Å². The highest BCUT2D eigenvalue weighted by molar-refractivity contribution is 6.34. The molecular formula is C30H43ClN8O2. The molecular weight excluding hydrogens is 540 g/mol. The Balaban J connectivity index is 1.80. The van der Waals surface area contributed by atoms with Crippen LogP contribution in [0, 0.1) is 12.8 Å². The molecule has 0 saturated heterocycles. The third-order valence-corrected chi connectivity index (χ3v) is 6.80. The van der Waals surface area contributed by atoms with Crippen LogP contribution in [0.1, 0.15) is 96.8 Å². The first-order valence-electron chi connectivity index (χ1n) is 13.7. The first-order valence-corrected chi connectivity index (χ1v) is 14.1. The second-order valence-corrected chi connectivity index (χ2v) is 13.4. The second kappa shape index (κ2) is 12.1. The predicted molar refractivity (Wildman–Crippen MR) is 166 cm³/mol. The third kappa shape index (κ3) is 8.48. The summed E-state index contributed by atoms with van der Waals surface area (Å²) < 4.78 is 5.41. The number of hydrogen-bond acceptors (Lipinski definition) is 7. The Morgan fingerprint density at radius 3 is 2.37 bits per heavy atom. The van der Waals surface area contributed by atoms with Crippen LogP contribution in [0.4, 0.5) is 10.5 Å². The van der Waals surface area contributed by atoms with E-state index in [0.717, 1.165) is 24.2 Å². The SMILES string of the molecule is C=Nc1c(Cl)cccc1C(N)=N/C(=N\NC(C)(C)C)C1CC(c2ncc(C(C)(C)NC(=O)OC(C)(C)C)nc2C)C1. The lowest BCUT2D eigenvalue weighted by Crippen LogP contribution is -2.44. The smallest absolute Gasteiger partial charge is 0.408 e. The van der Waals surface area contributed by atoms with Crippen LogP contribution in [0.2, 0.25) is 5.02 Å². The summed E-state index contributed by atoms with van der Waals surface area (Å²) >= 11 is 6.30. The Morgan fingerprint density at radius 1 is 1.15 bits per heavy atom. The van der Waals surface area contributed by atoms with Gasteiger partial charge >= 0.3 is 6.09 Å². The maximum Gasteiger partial charge on any atom is 0.408 e. The molecule has 0 spiro atoms. The molecule has 1 aliphatic carbocycles. The standard InChI is InChI=1S/C30H43ClN8O2/c1-17-23(34-16-22(35-17)30(8,9)37-27(40)41-29(5,6)7)18-14-19(15-18)26(38-39-28(2,3)4)36-25(32)20-12-11-13-21(31)24(20)33-10/h11-13,16,18-19,39H,10,14-15H2,1-9H3,(H,37,40)(H2,32,36,38). The molecule has 0 aliphatic heterocycles. The molecule has 2 aromatic rings. The maximum atomic E-state index is 12.4. The number of nitrogens with one attached hydrogen (secondary N) is 2. The number of carbonyl (C=O) groups excluding carboxylic acids is 1. The molecule has 222 valence electrons. The van der Waals surface area contributed by atoms with Gasteiger partial charge in [0.2, 0.25) is 0 Å². The summed E-state index contributed by atoms with van der Waals surface area (Å²) in [5, 5.41) is 7.99. The number of carbonyl (C=O) groups is 1. The highest BCUT2D eigenvalue weighted by Crippen LogP contribution is 2.43. The Kier molecular flexibility index (Phi) is 9.47. The van der Waals surface area contributed by atoms with Crippen molar-refractivity contribution in [2.24, 2.45) is 26.7 Å². The van der Waals surface area contributed by atoms with Gasteiger partial charge in [-0.25, -0.2) is 9.79 Å². The van der Waals surface area contributed by atoms with Crippen LogP contribution >= 0.6 is 11.6 Å². The highest BCUT2D eigenvalue weighted by Gasteiger charge is 2.37. The molecule has 11 heteroatoms. The summed E-state index contributed by atoms with van der Waals surface area (Å²) in [7, 11) is 0. The number of amides is 1. The van der Waals surface area contributed by atoms with Crippen LogP contribution in [0.5, 0.6) is 0 Å². The number of halogens is 1. The molecule has 10 nitrogen and oxygen atoms in total. The predicted octanol–water partition coefficient (Wildman–Crippen LogP) is 6.13. The zero-order chi connectivity index (χ0) is 30.8. The molecule has 4 N–H and O–H groups in total. The summed E-state index contributed by atoms with van der Waals surface area (Å²) in [6.07, 6.45) is 2.80. The van der Waals surface area contributed by atoms with Gasteiger partial charge in [0.15, 0.2) is 5.84 Å². The van der Waals surface area contributed by atoms with Crippen molar-refractivity contribution in [2.75, 3.05) is 0 Å². The van der Waals surface area contributed by atoms with Crippen molar-refractivity contribution in [3.8, 4) is 0 Å². The topological polar surface area (TPSA) is 139 Å². The fourth-order valence-corrected chi connectivity index (χ4v) is 4.60. The number of para-hydroxylation sites is 1. The van der Waals surface area contributed by atoms with E-state index >= 15 is 0 Å². The van der Waals surface area contributed by atoms with Crippen LogP contribution < -0.4 is 16.5 Å². The van der Waals surface area contributed by atoms with Gasteiger partial charge in [-0.2, -0.15) is 5.10 Å². The van der Waals surface area contributed by atoms with E-state index < -0.39 is 17.2 Å². The Labute approximate surface area is 248 Å². The van der Waals surface area contributed by atoms with Crippen molar-refractivity contribution in [3.63, 3.8) is 0 Å². The lowest BCUT2D eigenvalue weighted by atomic mass is 9.72. The van der Waals surface area contributed by atoms with Gasteiger partial charge in [-0.3, -0.25) is 15.0 Å². The minimum atomic E-state index is -0.759. The normalized spacial score (nSPS) is 18.4. The van der Waals surface area contributed by atoms with Crippen molar-refractivity contribution < 1.29 is 9.53 Å². The van der Waals surface area contributed by atoms with Gasteiger partial charge < -0.3 is 21.2 Å². The third-order valence-electron chi connectivity index (χ3n) is 6.49. The fraction of sp³-hybridized carbons (Fsp3) is 0.533. The lowest BCUT2D eigenvalue weighted by Gasteiger charge is -2.35. The van der Waals surface area contributed by atoms with Crippen LogP contribution in [0.25, 0.3) is 0 Å². The van der Waals surface area contributed by atoms with Crippen molar-refractivity contribution in [2.45, 2.75) is 97.8 Å². The number of nitrogens with two attached hydrogens (primary N) is 1. The molecule has 1 fully saturated rings. The number of aliphatic imine (C=N–C) groups is 2. The number of rotatable bonds is 7. The molecule has 1 aliphatic rings. The fourth-order valence-electron chi connectivity index (χ4n) is 4.37. The average molecular weight is 583 g/mol. The van der Waals surface area contributed by atoms with Gasteiger partial charge in [-0.1, -0.05) is 17.7 Å². The van der Waals surface area contributed by atoms with E-state index in [4.69, 9.17) is 37.0 Å². The number of benzene rings is 1. The number of nitrogens with zero attached hydrogens (tertiary/aromatic N) is 5. The molecule has 0 bridgehead atoms. The van der Waals surface area contributed by atoms with Gasteiger partial charge in [0.05, 0.1) is 39.5 Å². The first kappa shape index (κ1) is 32.0. The average Bonchev–Trinajstić information content (AvgIpc) is 2.79. The number of ether oxygens (including phenoxy) is 1. The van der Waals surface area contributed by atoms with Gasteiger partial charge in [0.25, 0.3) is 0 Å². The molecule has 0 radical (unpaired) electrons. The van der Waals surface area contributed by atoms with Crippen LogP contribution in [0.3, 0.4) is 0 Å². The summed E-state index contributed by atoms with van der Waals surface area (Å²) in [6.45, 7) is 20.9. The molecule has 0 atom stereocenters. The highest BCUT2D eigenvalue weighted by atomic mass is 35.5. The van der Waals surface area contributed by atoms with Gasteiger partial charge in [-0.15, -0.1) is 0 Å². The van der Waals surface area contributed by atoms with Gasteiger partial charge in [0, 0.05) is 22.9 Å². The number of amidine groups is 2. The van der Waals surface area contributed by atoms with Crippen molar-refractivity contribution in [3.05, 3.63) is 52.1 Å². The zero-order valence-electron chi connectivity index (χ0n) is 25.6. The van der Waals surface area contributed by atoms with E-state index in [0.29, 0.717) is 27.8 Å². The summed E-state index contributed by atoms with van der Waals surface area (Å²) in [4.78, 5) is 30.7. The van der Waals surface area contributed by atoms with E-state index in [9.17, 15) is 4.79 Å². The van der Waals surface area contributed by atoms with E-state index in [-0.39, 0.29) is 23.2 Å². The lowest BCUT2D eigenvalue weighted by molar-refractivity contribution is 0.0468. The summed E-state index contributed by atoms with van der Waals surface area (Å²) in [6, 6.07) is 5.35. The first-order chi connectivity index (χ1) is 18.9. The molecule has 1 aromatic heterocycles. The molecule has 1 amide bonds. The summed E-state index contributed by atoms with van der Waals surface area (Å²) in [5.74, 6) is 1.14. The molecule has 1 aromatic carbocycles. The molecule has 0 unspecified atom stereocenters. The molecule has 1 saturated carbocycles. The minimum Gasteiger partial charge on any atom is -0.444 e.